The molecule has 3 aromatic carbocycles. The number of benzene rings is 3. The summed E-state index contributed by atoms with van der Waals surface area (Å²) >= 11 is 0. The third kappa shape index (κ3) is 5.37. The average Bonchev–Trinajstić information content (AvgIpc) is 2.82. The lowest BCUT2D eigenvalue weighted by Gasteiger charge is -2.15. The Morgan fingerprint density at radius 1 is 0.444 bits per heavy atom. The van der Waals surface area contributed by atoms with Gasteiger partial charge in [0.1, 0.15) is 0 Å². The van der Waals surface area contributed by atoms with Gasteiger partial charge in [-0.1, -0.05) is 42.5 Å². The predicted molar refractivity (Wildman–Crippen MR) is 116 cm³/mol. The Labute approximate surface area is 198 Å². The van der Waals surface area contributed by atoms with Gasteiger partial charge in [0.2, 0.25) is 0 Å². The highest BCUT2D eigenvalue weighted by molar-refractivity contribution is 5.83. The molecule has 0 unspecified atom stereocenters. The molecule has 0 bridgehead atoms. The summed E-state index contributed by atoms with van der Waals surface area (Å²) in [5, 5.41) is 0. The van der Waals surface area contributed by atoms with Crippen molar-refractivity contribution in [2.45, 2.75) is 18.5 Å². The third-order valence-electron chi connectivity index (χ3n) is 5.35. The van der Waals surface area contributed by atoms with Gasteiger partial charge < -0.3 is 0 Å². The fraction of sp³-hybridized carbons (Fsp3) is 0.115. The SMILES string of the molecule is FC(F)(F)c1cccc(-c2ccc(-c3cccc(C(F)(F)F)c3)c(-c3cccc(C(F)(F)F)c3)n2)c1. The van der Waals surface area contributed by atoms with Crippen LogP contribution >= 0.6 is 0 Å². The van der Waals surface area contributed by atoms with E-state index in [1.54, 1.807) is 0 Å². The van der Waals surface area contributed by atoms with Crippen LogP contribution in [-0.4, -0.2) is 4.98 Å². The summed E-state index contributed by atoms with van der Waals surface area (Å²) in [7, 11) is 0. The number of halogens is 9. The first-order valence-corrected chi connectivity index (χ1v) is 10.3. The van der Waals surface area contributed by atoms with Crippen LogP contribution in [-0.2, 0) is 18.5 Å². The summed E-state index contributed by atoms with van der Waals surface area (Å²) in [6.07, 6.45) is -14.0. The molecule has 1 nitrogen and oxygen atoms in total. The smallest absolute Gasteiger partial charge is 0.247 e. The molecule has 0 saturated carbocycles. The number of hydrogen-bond acceptors (Lipinski definition) is 1. The monoisotopic (exact) mass is 511 g/mol. The number of hydrogen-bond donors (Lipinski definition) is 0. The van der Waals surface area contributed by atoms with Crippen LogP contribution in [0.3, 0.4) is 0 Å². The van der Waals surface area contributed by atoms with Crippen LogP contribution in [0, 0.1) is 0 Å². The Bertz CT molecular complexity index is 1400. The van der Waals surface area contributed by atoms with Crippen molar-refractivity contribution in [3.63, 3.8) is 0 Å². The van der Waals surface area contributed by atoms with E-state index < -0.39 is 35.2 Å². The second kappa shape index (κ2) is 9.00. The molecule has 0 atom stereocenters. The number of nitrogens with zero attached hydrogens (tertiary/aromatic N) is 1. The lowest BCUT2D eigenvalue weighted by Crippen LogP contribution is -2.06. The molecule has 10 heteroatoms. The molecule has 36 heavy (non-hydrogen) atoms. The second-order valence-electron chi connectivity index (χ2n) is 7.83. The zero-order chi connectivity index (χ0) is 26.3. The van der Waals surface area contributed by atoms with E-state index in [2.05, 4.69) is 4.98 Å². The highest BCUT2D eigenvalue weighted by Crippen LogP contribution is 2.39. The van der Waals surface area contributed by atoms with Crippen molar-refractivity contribution in [3.05, 3.63) is 102 Å². The molecule has 1 heterocycles. The van der Waals surface area contributed by atoms with Crippen molar-refractivity contribution in [2.75, 3.05) is 0 Å². The first kappa shape index (κ1) is 25.3. The molecule has 0 N–H and O–H groups in total. The van der Waals surface area contributed by atoms with Crippen LogP contribution in [0.15, 0.2) is 84.9 Å². The topological polar surface area (TPSA) is 12.9 Å². The van der Waals surface area contributed by atoms with Crippen LogP contribution in [0.2, 0.25) is 0 Å². The molecule has 4 rings (SSSR count). The van der Waals surface area contributed by atoms with Crippen molar-refractivity contribution in [2.24, 2.45) is 0 Å². The van der Waals surface area contributed by atoms with Gasteiger partial charge >= 0.3 is 18.5 Å². The summed E-state index contributed by atoms with van der Waals surface area (Å²) < 4.78 is 119. The standard InChI is InChI=1S/C26H14F9N/c27-24(28,29)18-7-1-4-15(12-18)21-10-11-22(16-5-2-8-19(13-16)25(30,31)32)36-23(21)17-6-3-9-20(14-17)26(33,34)35/h1-14H. The Balaban J connectivity index is 1.94. The second-order valence-corrected chi connectivity index (χ2v) is 7.83. The lowest BCUT2D eigenvalue weighted by molar-refractivity contribution is -0.138. The van der Waals surface area contributed by atoms with Crippen molar-refractivity contribution in [3.8, 4) is 33.6 Å². The quantitative estimate of drug-likeness (QED) is 0.250. The fourth-order valence-corrected chi connectivity index (χ4v) is 3.63. The van der Waals surface area contributed by atoms with E-state index in [1.165, 1.54) is 30.3 Å². The minimum Gasteiger partial charge on any atom is -0.247 e. The highest BCUT2D eigenvalue weighted by atomic mass is 19.4. The van der Waals surface area contributed by atoms with Crippen molar-refractivity contribution >= 4 is 0 Å². The van der Waals surface area contributed by atoms with E-state index in [4.69, 9.17) is 0 Å². The molecular formula is C26H14F9N. The maximum absolute atomic E-state index is 13.3. The molecule has 4 aromatic rings. The fourth-order valence-electron chi connectivity index (χ4n) is 3.63. The Kier molecular flexibility index (Phi) is 6.32. The van der Waals surface area contributed by atoms with Crippen molar-refractivity contribution in [1.82, 2.24) is 4.98 Å². The minimum absolute atomic E-state index is 0.00392. The molecule has 0 saturated heterocycles. The van der Waals surface area contributed by atoms with Gasteiger partial charge in [0, 0.05) is 16.7 Å². The number of rotatable bonds is 3. The Hall–Kier alpha value is -3.82. The maximum atomic E-state index is 13.3. The first-order valence-electron chi connectivity index (χ1n) is 10.3. The molecule has 0 aliphatic rings. The zero-order valence-electron chi connectivity index (χ0n) is 17.9. The van der Waals surface area contributed by atoms with E-state index >= 15 is 0 Å². The molecule has 0 fully saturated rings. The van der Waals surface area contributed by atoms with Crippen molar-refractivity contribution in [1.29, 1.82) is 0 Å². The molecule has 0 radical (unpaired) electrons. The van der Waals surface area contributed by atoms with E-state index in [0.29, 0.717) is 0 Å². The lowest BCUT2D eigenvalue weighted by atomic mass is 9.95. The van der Waals surface area contributed by atoms with Gasteiger partial charge in [0.15, 0.2) is 0 Å². The third-order valence-corrected chi connectivity index (χ3v) is 5.35. The molecule has 0 amide bonds. The van der Waals surface area contributed by atoms with Gasteiger partial charge in [-0.2, -0.15) is 39.5 Å². The van der Waals surface area contributed by atoms with E-state index in [9.17, 15) is 39.5 Å². The maximum Gasteiger partial charge on any atom is 0.416 e. The van der Waals surface area contributed by atoms with E-state index in [0.717, 1.165) is 54.6 Å². The molecule has 186 valence electrons. The number of alkyl halides is 9. The van der Waals surface area contributed by atoms with Gasteiger partial charge in [-0.3, -0.25) is 0 Å². The molecular weight excluding hydrogens is 497 g/mol. The zero-order valence-corrected chi connectivity index (χ0v) is 17.9. The summed E-state index contributed by atoms with van der Waals surface area (Å²) in [5.74, 6) is 0. The normalized spacial score (nSPS) is 12.6. The average molecular weight is 511 g/mol. The van der Waals surface area contributed by atoms with Gasteiger partial charge in [-0.25, -0.2) is 4.98 Å². The summed E-state index contributed by atoms with van der Waals surface area (Å²) in [4.78, 5) is 4.31. The Morgan fingerprint density at radius 2 is 0.861 bits per heavy atom. The van der Waals surface area contributed by atoms with Crippen LogP contribution in [0.1, 0.15) is 16.7 Å². The number of pyridine rings is 1. The molecule has 1 aromatic heterocycles. The number of aromatic nitrogens is 1. The first-order chi connectivity index (χ1) is 16.7. The summed E-state index contributed by atoms with van der Waals surface area (Å²) in [6.45, 7) is 0. The highest BCUT2D eigenvalue weighted by Gasteiger charge is 2.33. The van der Waals surface area contributed by atoms with E-state index in [1.807, 2.05) is 0 Å². The van der Waals surface area contributed by atoms with Crippen molar-refractivity contribution < 1.29 is 39.5 Å². The predicted octanol–water partition coefficient (Wildman–Crippen LogP) is 9.14. The van der Waals surface area contributed by atoms with Gasteiger partial charge in [-0.15, -0.1) is 0 Å². The molecule has 0 aliphatic heterocycles. The van der Waals surface area contributed by atoms with E-state index in [-0.39, 0.29) is 33.6 Å². The van der Waals surface area contributed by atoms with Gasteiger partial charge in [-0.05, 0) is 48.0 Å². The Morgan fingerprint density at radius 3 is 1.36 bits per heavy atom. The van der Waals surface area contributed by atoms with Crippen LogP contribution in [0.4, 0.5) is 39.5 Å². The minimum atomic E-state index is -4.70. The molecule has 0 spiro atoms. The molecule has 0 aliphatic carbocycles. The van der Waals surface area contributed by atoms with Gasteiger partial charge in [0.05, 0.1) is 28.1 Å². The van der Waals surface area contributed by atoms with Crippen LogP contribution in [0.25, 0.3) is 33.6 Å². The van der Waals surface area contributed by atoms with Crippen LogP contribution in [0.5, 0.6) is 0 Å². The summed E-state index contributed by atoms with van der Waals surface area (Å²) in [6, 6.07) is 15.0. The largest absolute Gasteiger partial charge is 0.416 e. The summed E-state index contributed by atoms with van der Waals surface area (Å²) in [5.41, 5.74) is -2.97. The van der Waals surface area contributed by atoms with Crippen LogP contribution < -0.4 is 0 Å². The van der Waals surface area contributed by atoms with Gasteiger partial charge in [0.25, 0.3) is 0 Å².